The molecule has 3 heteroatoms. The number of rotatable bonds is 2. The number of esters is 1. The predicted octanol–water partition coefficient (Wildman–Crippen LogP) is 5.40. The first-order valence-corrected chi connectivity index (χ1v) is 10.7. The molecule has 2 saturated carbocycles. The third-order valence-electron chi connectivity index (χ3n) is 8.66. The Labute approximate surface area is 163 Å². The van der Waals surface area contributed by atoms with Crippen LogP contribution in [0.3, 0.4) is 0 Å². The Morgan fingerprint density at radius 1 is 1.04 bits per heavy atom. The van der Waals surface area contributed by atoms with Gasteiger partial charge in [0.15, 0.2) is 5.78 Å². The van der Waals surface area contributed by atoms with E-state index in [2.05, 4.69) is 26.8 Å². The summed E-state index contributed by atoms with van der Waals surface area (Å²) < 4.78 is 5.54. The first-order valence-electron chi connectivity index (χ1n) is 10.7. The highest BCUT2D eigenvalue weighted by Gasteiger charge is 2.58. The molecule has 0 saturated heterocycles. The fraction of sp³-hybridized carbons (Fsp3) is 0.750. The first kappa shape index (κ1) is 19.0. The van der Waals surface area contributed by atoms with Crippen molar-refractivity contribution in [2.45, 2.75) is 85.7 Å². The van der Waals surface area contributed by atoms with E-state index in [0.717, 1.165) is 44.1 Å². The van der Waals surface area contributed by atoms with E-state index in [4.69, 9.17) is 4.74 Å². The molecule has 0 aromatic heterocycles. The highest BCUT2D eigenvalue weighted by atomic mass is 16.5. The third-order valence-corrected chi connectivity index (χ3v) is 8.66. The number of hydrogen-bond donors (Lipinski definition) is 0. The van der Waals surface area contributed by atoms with Crippen LogP contribution in [0.15, 0.2) is 22.8 Å². The van der Waals surface area contributed by atoms with Gasteiger partial charge < -0.3 is 4.74 Å². The lowest BCUT2D eigenvalue weighted by Gasteiger charge is -2.57. The van der Waals surface area contributed by atoms with Gasteiger partial charge in [-0.2, -0.15) is 0 Å². The Balaban J connectivity index is 1.62. The van der Waals surface area contributed by atoms with E-state index in [1.54, 1.807) is 6.92 Å². The van der Waals surface area contributed by atoms with Crippen molar-refractivity contribution in [2.75, 3.05) is 0 Å². The molecule has 27 heavy (non-hydrogen) atoms. The highest BCUT2D eigenvalue weighted by molar-refractivity contribution is 5.96. The van der Waals surface area contributed by atoms with Crippen molar-refractivity contribution >= 4 is 11.8 Å². The number of ether oxygens (including phenoxy) is 1. The molecule has 4 aliphatic carbocycles. The average Bonchev–Trinajstić information content (AvgIpc) is 2.85. The van der Waals surface area contributed by atoms with Crippen LogP contribution in [0, 0.1) is 28.6 Å². The minimum absolute atomic E-state index is 0.0620. The minimum Gasteiger partial charge on any atom is -0.462 e. The SMILES string of the molecule is CC(=O)O[C@H]1CC[C@@]2(C)C(=CC[C@@H]3[C@@H]2CC[C@@]2(C)C(C(C)=O)=C(C)C[C@@H]32)C1. The Morgan fingerprint density at radius 2 is 1.74 bits per heavy atom. The van der Waals surface area contributed by atoms with Gasteiger partial charge in [-0.1, -0.05) is 31.1 Å². The highest BCUT2D eigenvalue weighted by Crippen LogP contribution is 2.66. The summed E-state index contributed by atoms with van der Waals surface area (Å²) in [6.45, 7) is 10.3. The van der Waals surface area contributed by atoms with Crippen molar-refractivity contribution in [1.29, 1.82) is 0 Å². The van der Waals surface area contributed by atoms with Gasteiger partial charge >= 0.3 is 5.97 Å². The molecule has 0 N–H and O–H groups in total. The van der Waals surface area contributed by atoms with Gasteiger partial charge in [0.1, 0.15) is 6.10 Å². The second-order valence-corrected chi connectivity index (χ2v) is 10.1. The number of allylic oxidation sites excluding steroid dienone is 3. The fourth-order valence-corrected chi connectivity index (χ4v) is 7.59. The average molecular weight is 371 g/mol. The van der Waals surface area contributed by atoms with E-state index in [1.165, 1.54) is 24.5 Å². The van der Waals surface area contributed by atoms with Crippen LogP contribution in [0.5, 0.6) is 0 Å². The molecule has 6 atom stereocenters. The number of hydrogen-bond acceptors (Lipinski definition) is 3. The molecule has 0 aromatic carbocycles. The van der Waals surface area contributed by atoms with Crippen LogP contribution in [0.2, 0.25) is 0 Å². The zero-order valence-corrected chi connectivity index (χ0v) is 17.6. The molecule has 0 spiro atoms. The van der Waals surface area contributed by atoms with Crippen LogP contribution in [0.1, 0.15) is 79.6 Å². The smallest absolute Gasteiger partial charge is 0.302 e. The van der Waals surface area contributed by atoms with E-state index in [1.807, 2.05) is 0 Å². The van der Waals surface area contributed by atoms with Gasteiger partial charge in [-0.25, -0.2) is 0 Å². The summed E-state index contributed by atoms with van der Waals surface area (Å²) in [6, 6.07) is 0. The molecule has 0 aromatic rings. The molecule has 148 valence electrons. The van der Waals surface area contributed by atoms with E-state index < -0.39 is 0 Å². The van der Waals surface area contributed by atoms with Crippen molar-refractivity contribution < 1.29 is 14.3 Å². The van der Waals surface area contributed by atoms with Gasteiger partial charge in [0.25, 0.3) is 0 Å². The van der Waals surface area contributed by atoms with Crippen LogP contribution < -0.4 is 0 Å². The number of carbonyl (C=O) groups excluding carboxylic acids is 2. The number of fused-ring (bicyclic) bond motifs is 5. The summed E-state index contributed by atoms with van der Waals surface area (Å²) in [5.41, 5.74) is 4.33. The molecular weight excluding hydrogens is 336 g/mol. The quantitative estimate of drug-likeness (QED) is 0.483. The summed E-state index contributed by atoms with van der Waals surface area (Å²) in [6.07, 6.45) is 10.1. The van der Waals surface area contributed by atoms with Crippen LogP contribution in [0.4, 0.5) is 0 Å². The van der Waals surface area contributed by atoms with Gasteiger partial charge in [-0.3, -0.25) is 9.59 Å². The number of carbonyl (C=O) groups is 2. The van der Waals surface area contributed by atoms with Gasteiger partial charge in [0, 0.05) is 13.3 Å². The Hall–Kier alpha value is -1.38. The molecule has 3 nitrogen and oxygen atoms in total. The summed E-state index contributed by atoms with van der Waals surface area (Å²) >= 11 is 0. The van der Waals surface area contributed by atoms with E-state index in [9.17, 15) is 9.59 Å². The molecule has 0 heterocycles. The lowest BCUT2D eigenvalue weighted by atomic mass is 9.47. The van der Waals surface area contributed by atoms with Crippen LogP contribution in [-0.4, -0.2) is 17.9 Å². The summed E-state index contributed by atoms with van der Waals surface area (Å²) in [4.78, 5) is 23.8. The molecule has 0 amide bonds. The Kier molecular flexibility index (Phi) is 4.44. The molecule has 0 radical (unpaired) electrons. The van der Waals surface area contributed by atoms with Crippen molar-refractivity contribution in [3.63, 3.8) is 0 Å². The molecule has 4 rings (SSSR count). The summed E-state index contributed by atoms with van der Waals surface area (Å²) in [7, 11) is 0. The van der Waals surface area contributed by atoms with E-state index >= 15 is 0 Å². The van der Waals surface area contributed by atoms with Crippen molar-refractivity contribution in [3.8, 4) is 0 Å². The lowest BCUT2D eigenvalue weighted by molar-refractivity contribution is -0.148. The van der Waals surface area contributed by atoms with Crippen LogP contribution in [0.25, 0.3) is 0 Å². The van der Waals surface area contributed by atoms with Crippen molar-refractivity contribution in [3.05, 3.63) is 22.8 Å². The van der Waals surface area contributed by atoms with E-state index in [0.29, 0.717) is 17.8 Å². The Morgan fingerprint density at radius 3 is 2.41 bits per heavy atom. The first-order chi connectivity index (χ1) is 12.7. The Bertz CT molecular complexity index is 745. The van der Waals surface area contributed by atoms with Crippen molar-refractivity contribution in [1.82, 2.24) is 0 Å². The van der Waals surface area contributed by atoms with Gasteiger partial charge in [0.05, 0.1) is 0 Å². The topological polar surface area (TPSA) is 43.4 Å². The van der Waals surface area contributed by atoms with Gasteiger partial charge in [-0.05, 0) is 86.5 Å². The number of ketones is 1. The lowest BCUT2D eigenvalue weighted by Crippen LogP contribution is -2.50. The predicted molar refractivity (Wildman–Crippen MR) is 106 cm³/mol. The second-order valence-electron chi connectivity index (χ2n) is 10.1. The van der Waals surface area contributed by atoms with Crippen LogP contribution >= 0.6 is 0 Å². The standard InChI is InChI=1S/C24H34O3/c1-14-12-21-19-7-6-17-13-18(27-16(3)26)8-10-23(17,4)20(19)9-11-24(21,5)22(14)15(2)25/h6,18-21H,7-13H2,1-5H3/t18-,19+,20-,21-,23-,24+/m0/s1. The largest absolute Gasteiger partial charge is 0.462 e. The monoisotopic (exact) mass is 370 g/mol. The molecular formula is C24H34O3. The maximum atomic E-state index is 12.4. The fourth-order valence-electron chi connectivity index (χ4n) is 7.59. The maximum Gasteiger partial charge on any atom is 0.302 e. The molecule has 0 unspecified atom stereocenters. The maximum absolute atomic E-state index is 12.4. The van der Waals surface area contributed by atoms with E-state index in [-0.39, 0.29) is 28.7 Å². The zero-order chi connectivity index (χ0) is 19.6. The molecule has 0 bridgehead atoms. The minimum atomic E-state index is -0.157. The molecule has 4 aliphatic rings. The van der Waals surface area contributed by atoms with Crippen molar-refractivity contribution in [2.24, 2.45) is 28.6 Å². The third kappa shape index (κ3) is 2.76. The van der Waals surface area contributed by atoms with Gasteiger partial charge in [0.2, 0.25) is 0 Å². The zero-order valence-electron chi connectivity index (χ0n) is 17.6. The molecule has 2 fully saturated rings. The summed E-state index contributed by atoms with van der Waals surface area (Å²) in [5, 5.41) is 0. The van der Waals surface area contributed by atoms with Gasteiger partial charge in [-0.15, -0.1) is 0 Å². The van der Waals surface area contributed by atoms with Crippen LogP contribution in [-0.2, 0) is 14.3 Å². The normalized spacial score (nSPS) is 43.4. The molecule has 0 aliphatic heterocycles. The second kappa shape index (κ2) is 6.32. The summed E-state index contributed by atoms with van der Waals surface area (Å²) in [5.74, 6) is 2.12. The number of Topliss-reactive ketones (excluding diaryl/α,β-unsaturated/α-hetero) is 1.